The predicted octanol–water partition coefficient (Wildman–Crippen LogP) is 2.60. The van der Waals surface area contributed by atoms with E-state index in [0.717, 1.165) is 5.56 Å². The van der Waals surface area contributed by atoms with E-state index < -0.39 is 5.82 Å². The molecule has 2 aromatic carbocycles. The number of benzene rings is 2. The van der Waals surface area contributed by atoms with Crippen LogP contribution in [-0.2, 0) is 11.3 Å². The minimum Gasteiger partial charge on any atom is -0.494 e. The van der Waals surface area contributed by atoms with Gasteiger partial charge in [0.15, 0.2) is 23.1 Å². The third kappa shape index (κ3) is 3.17. The smallest absolute Gasteiger partial charge is 0.254 e. The van der Waals surface area contributed by atoms with Crippen molar-refractivity contribution in [3.63, 3.8) is 0 Å². The van der Waals surface area contributed by atoms with Crippen molar-refractivity contribution in [1.82, 2.24) is 4.90 Å². The number of rotatable bonds is 5. The zero-order valence-corrected chi connectivity index (χ0v) is 14.2. The molecule has 2 aliphatic heterocycles. The number of likely N-dealkylation sites (tertiary alicyclic amines) is 1. The number of amides is 1. The fourth-order valence-corrected chi connectivity index (χ4v) is 2.94. The van der Waals surface area contributed by atoms with E-state index in [1.54, 1.807) is 35.2 Å². The number of fused-ring (bicyclic) bond motifs is 1. The van der Waals surface area contributed by atoms with Gasteiger partial charge in [0.25, 0.3) is 5.91 Å². The Hall–Kier alpha value is -2.80. The van der Waals surface area contributed by atoms with Gasteiger partial charge in [0.2, 0.25) is 6.79 Å². The van der Waals surface area contributed by atoms with E-state index in [0.29, 0.717) is 30.2 Å². The number of hydrogen-bond donors (Lipinski definition) is 0. The van der Waals surface area contributed by atoms with E-state index in [9.17, 15) is 9.18 Å². The summed E-state index contributed by atoms with van der Waals surface area (Å²) < 4.78 is 34.8. The Morgan fingerprint density at radius 1 is 1.19 bits per heavy atom. The Balaban J connectivity index is 1.28. The maximum atomic E-state index is 13.7. The van der Waals surface area contributed by atoms with Gasteiger partial charge in [-0.25, -0.2) is 4.39 Å². The van der Waals surface area contributed by atoms with Gasteiger partial charge in [0, 0.05) is 18.7 Å². The first kappa shape index (κ1) is 16.7. The van der Waals surface area contributed by atoms with Crippen molar-refractivity contribution in [3.8, 4) is 17.2 Å². The SMILES string of the molecule is COc1ccc(COC2CN(C(=O)c3ccc4c(c3)OCO4)C2)cc1F. The molecule has 0 aromatic heterocycles. The number of methoxy groups -OCH3 is 1. The summed E-state index contributed by atoms with van der Waals surface area (Å²) in [6.07, 6.45) is -0.0573. The van der Waals surface area contributed by atoms with Gasteiger partial charge in [-0.2, -0.15) is 0 Å². The molecule has 2 heterocycles. The highest BCUT2D eigenvalue weighted by molar-refractivity contribution is 5.95. The Labute approximate surface area is 150 Å². The van der Waals surface area contributed by atoms with Crippen molar-refractivity contribution < 1.29 is 28.1 Å². The van der Waals surface area contributed by atoms with Crippen molar-refractivity contribution in [1.29, 1.82) is 0 Å². The summed E-state index contributed by atoms with van der Waals surface area (Å²) >= 11 is 0. The first-order valence-electron chi connectivity index (χ1n) is 8.27. The standard InChI is InChI=1S/C19H18FNO5/c1-23-16-4-2-12(6-15(16)20)10-24-14-8-21(9-14)19(22)13-3-5-17-18(7-13)26-11-25-17/h2-7,14H,8-11H2,1H3. The number of halogens is 1. The molecule has 6 nitrogen and oxygen atoms in total. The molecule has 1 amide bonds. The number of hydrogen-bond acceptors (Lipinski definition) is 5. The third-order valence-corrected chi connectivity index (χ3v) is 4.46. The number of carbonyl (C=O) groups is 1. The van der Waals surface area contributed by atoms with Crippen LogP contribution in [-0.4, -0.2) is 43.9 Å². The maximum Gasteiger partial charge on any atom is 0.254 e. The molecule has 0 unspecified atom stereocenters. The molecular weight excluding hydrogens is 341 g/mol. The molecular formula is C19H18FNO5. The maximum absolute atomic E-state index is 13.7. The molecule has 1 fully saturated rings. The summed E-state index contributed by atoms with van der Waals surface area (Å²) in [7, 11) is 1.43. The van der Waals surface area contributed by atoms with Gasteiger partial charge in [-0.15, -0.1) is 0 Å². The van der Waals surface area contributed by atoms with Crippen LogP contribution in [0.4, 0.5) is 4.39 Å². The molecule has 0 spiro atoms. The van der Waals surface area contributed by atoms with Gasteiger partial charge in [-0.05, 0) is 35.9 Å². The highest BCUT2D eigenvalue weighted by Crippen LogP contribution is 2.33. The lowest BCUT2D eigenvalue weighted by Crippen LogP contribution is -2.54. The van der Waals surface area contributed by atoms with Gasteiger partial charge in [-0.3, -0.25) is 4.79 Å². The molecule has 1 saturated heterocycles. The topological polar surface area (TPSA) is 57.2 Å². The number of nitrogens with zero attached hydrogens (tertiary/aromatic N) is 1. The van der Waals surface area contributed by atoms with E-state index in [1.807, 2.05) is 0 Å². The van der Waals surface area contributed by atoms with Crippen molar-refractivity contribution in [2.75, 3.05) is 27.0 Å². The van der Waals surface area contributed by atoms with E-state index in [-0.39, 0.29) is 31.2 Å². The zero-order valence-electron chi connectivity index (χ0n) is 14.2. The van der Waals surface area contributed by atoms with Crippen molar-refractivity contribution >= 4 is 5.91 Å². The lowest BCUT2D eigenvalue weighted by molar-refractivity contribution is -0.0503. The van der Waals surface area contributed by atoms with Crippen LogP contribution in [0.3, 0.4) is 0 Å². The molecule has 0 N–H and O–H groups in total. The fraction of sp³-hybridized carbons (Fsp3) is 0.316. The lowest BCUT2D eigenvalue weighted by atomic mass is 10.1. The Morgan fingerprint density at radius 2 is 2.00 bits per heavy atom. The second-order valence-corrected chi connectivity index (χ2v) is 6.18. The summed E-state index contributed by atoms with van der Waals surface area (Å²) in [6, 6.07) is 9.89. The monoisotopic (exact) mass is 359 g/mol. The van der Waals surface area contributed by atoms with E-state index in [4.69, 9.17) is 18.9 Å². The van der Waals surface area contributed by atoms with Crippen LogP contribution in [0, 0.1) is 5.82 Å². The average Bonchev–Trinajstić information content (AvgIpc) is 3.08. The minimum atomic E-state index is -0.415. The zero-order chi connectivity index (χ0) is 18.1. The Morgan fingerprint density at radius 3 is 2.77 bits per heavy atom. The van der Waals surface area contributed by atoms with Crippen molar-refractivity contribution in [3.05, 3.63) is 53.3 Å². The van der Waals surface area contributed by atoms with Gasteiger partial charge in [0.05, 0.1) is 19.8 Å². The first-order chi connectivity index (χ1) is 12.6. The van der Waals surface area contributed by atoms with Crippen LogP contribution in [0.15, 0.2) is 36.4 Å². The van der Waals surface area contributed by atoms with Crippen molar-refractivity contribution in [2.24, 2.45) is 0 Å². The molecule has 0 radical (unpaired) electrons. The molecule has 0 saturated carbocycles. The number of carbonyl (C=O) groups excluding carboxylic acids is 1. The molecule has 136 valence electrons. The van der Waals surface area contributed by atoms with Crippen LogP contribution in [0.25, 0.3) is 0 Å². The molecule has 4 rings (SSSR count). The second-order valence-electron chi connectivity index (χ2n) is 6.18. The van der Waals surface area contributed by atoms with Crippen LogP contribution >= 0.6 is 0 Å². The molecule has 2 aromatic rings. The summed E-state index contributed by atoms with van der Waals surface area (Å²) in [5, 5.41) is 0. The van der Waals surface area contributed by atoms with Crippen molar-refractivity contribution in [2.45, 2.75) is 12.7 Å². The van der Waals surface area contributed by atoms with Crippen LogP contribution in [0.5, 0.6) is 17.2 Å². The van der Waals surface area contributed by atoms with E-state index >= 15 is 0 Å². The third-order valence-electron chi connectivity index (χ3n) is 4.46. The Bertz CT molecular complexity index is 835. The van der Waals surface area contributed by atoms with Gasteiger partial charge in [-0.1, -0.05) is 6.07 Å². The van der Waals surface area contributed by atoms with E-state index in [2.05, 4.69) is 0 Å². The first-order valence-corrected chi connectivity index (χ1v) is 8.27. The van der Waals surface area contributed by atoms with Crippen LogP contribution in [0.1, 0.15) is 15.9 Å². The largest absolute Gasteiger partial charge is 0.494 e. The second kappa shape index (κ2) is 6.84. The van der Waals surface area contributed by atoms with Gasteiger partial charge in [0.1, 0.15) is 0 Å². The highest BCUT2D eigenvalue weighted by Gasteiger charge is 2.32. The Kier molecular flexibility index (Phi) is 4.38. The normalized spacial score (nSPS) is 15.7. The highest BCUT2D eigenvalue weighted by atomic mass is 19.1. The predicted molar refractivity (Wildman–Crippen MR) is 90.0 cm³/mol. The molecule has 0 bridgehead atoms. The molecule has 26 heavy (non-hydrogen) atoms. The minimum absolute atomic E-state index is 0.0573. The molecule has 2 aliphatic rings. The molecule has 0 aliphatic carbocycles. The quantitative estimate of drug-likeness (QED) is 0.821. The molecule has 7 heteroatoms. The summed E-state index contributed by atoms with van der Waals surface area (Å²) in [4.78, 5) is 14.2. The van der Waals surface area contributed by atoms with Gasteiger partial charge < -0.3 is 23.8 Å². The van der Waals surface area contributed by atoms with E-state index in [1.165, 1.54) is 13.2 Å². The fourth-order valence-electron chi connectivity index (χ4n) is 2.94. The van der Waals surface area contributed by atoms with Crippen LogP contribution < -0.4 is 14.2 Å². The summed E-state index contributed by atoms with van der Waals surface area (Å²) in [6.45, 7) is 1.48. The van der Waals surface area contributed by atoms with Crippen LogP contribution in [0.2, 0.25) is 0 Å². The lowest BCUT2D eigenvalue weighted by Gasteiger charge is -2.39. The molecule has 0 atom stereocenters. The van der Waals surface area contributed by atoms with Gasteiger partial charge >= 0.3 is 0 Å². The summed E-state index contributed by atoms with van der Waals surface area (Å²) in [5.41, 5.74) is 1.29. The number of ether oxygens (including phenoxy) is 4. The summed E-state index contributed by atoms with van der Waals surface area (Å²) in [5.74, 6) is 0.960. The average molecular weight is 359 g/mol.